The van der Waals surface area contributed by atoms with E-state index in [0.29, 0.717) is 35.8 Å². The molecule has 0 atom stereocenters. The summed E-state index contributed by atoms with van der Waals surface area (Å²) < 4.78 is 29.3. The van der Waals surface area contributed by atoms with E-state index in [2.05, 4.69) is 0 Å². The molecule has 0 aliphatic carbocycles. The smallest absolute Gasteiger partial charge is 0.185 e. The Morgan fingerprint density at radius 3 is 2.65 bits per heavy atom. The highest BCUT2D eigenvalue weighted by Crippen LogP contribution is 2.31. The molecule has 0 saturated carbocycles. The number of hydrogen-bond acceptors (Lipinski definition) is 4. The largest absolute Gasteiger partial charge is 0.494 e. The Morgan fingerprint density at radius 1 is 1.13 bits per heavy atom. The Kier molecular flexibility index (Phi) is 4.28. The molecular weight excluding hydrogens is 299 g/mol. The first-order chi connectivity index (χ1) is 11.2. The third-order valence-electron chi connectivity index (χ3n) is 3.43. The molecule has 0 saturated heterocycles. The van der Waals surface area contributed by atoms with Gasteiger partial charge in [-0.2, -0.15) is 0 Å². The maximum atomic E-state index is 13.6. The van der Waals surface area contributed by atoms with Crippen LogP contribution in [0.2, 0.25) is 0 Å². The molecule has 23 heavy (non-hydrogen) atoms. The van der Waals surface area contributed by atoms with Crippen molar-refractivity contribution in [3.05, 3.63) is 59.4 Å². The minimum Gasteiger partial charge on any atom is -0.494 e. The average Bonchev–Trinajstić information content (AvgIpc) is 2.59. The van der Waals surface area contributed by atoms with Gasteiger partial charge in [0, 0.05) is 5.56 Å². The van der Waals surface area contributed by atoms with E-state index in [1.807, 2.05) is 0 Å². The number of carbonyl (C=O) groups excluding carboxylic acids is 1. The molecule has 1 aliphatic heterocycles. The maximum absolute atomic E-state index is 13.6. The predicted octanol–water partition coefficient (Wildman–Crippen LogP) is 3.50. The first kappa shape index (κ1) is 15.1. The van der Waals surface area contributed by atoms with Gasteiger partial charge in [-0.05, 0) is 42.0 Å². The third kappa shape index (κ3) is 3.34. The van der Waals surface area contributed by atoms with E-state index in [9.17, 15) is 9.18 Å². The first-order valence-electron chi connectivity index (χ1n) is 7.13. The fraction of sp³-hybridized carbons (Fsp3) is 0.167. The van der Waals surface area contributed by atoms with Crippen molar-refractivity contribution in [3.63, 3.8) is 0 Å². The summed E-state index contributed by atoms with van der Waals surface area (Å²) in [5.74, 6) is 0.694. The second-order valence-electron chi connectivity index (χ2n) is 4.95. The maximum Gasteiger partial charge on any atom is 0.185 e. The summed E-state index contributed by atoms with van der Waals surface area (Å²) in [4.78, 5) is 12.2. The van der Waals surface area contributed by atoms with E-state index < -0.39 is 5.82 Å². The van der Waals surface area contributed by atoms with Crippen LogP contribution < -0.4 is 14.2 Å². The van der Waals surface area contributed by atoms with Crippen molar-refractivity contribution in [2.45, 2.75) is 0 Å². The normalized spacial score (nSPS) is 13.1. The highest BCUT2D eigenvalue weighted by atomic mass is 19.1. The third-order valence-corrected chi connectivity index (χ3v) is 3.43. The molecule has 2 aromatic carbocycles. The van der Waals surface area contributed by atoms with E-state index in [4.69, 9.17) is 14.2 Å². The van der Waals surface area contributed by atoms with Crippen molar-refractivity contribution in [1.82, 2.24) is 0 Å². The SMILES string of the molecule is COc1ccc(/C=C/C(=O)c2ccc3c(c2)OCCO3)cc1F. The van der Waals surface area contributed by atoms with Crippen molar-refractivity contribution < 1.29 is 23.4 Å². The summed E-state index contributed by atoms with van der Waals surface area (Å²) in [7, 11) is 1.40. The molecule has 1 aliphatic rings. The van der Waals surface area contributed by atoms with Gasteiger partial charge in [0.2, 0.25) is 0 Å². The number of ether oxygens (including phenoxy) is 3. The van der Waals surface area contributed by atoms with Crippen LogP contribution in [0.3, 0.4) is 0 Å². The van der Waals surface area contributed by atoms with Gasteiger partial charge in [0.15, 0.2) is 28.8 Å². The van der Waals surface area contributed by atoms with Gasteiger partial charge in [-0.25, -0.2) is 4.39 Å². The lowest BCUT2D eigenvalue weighted by Crippen LogP contribution is -2.15. The summed E-state index contributed by atoms with van der Waals surface area (Å²) in [6.45, 7) is 0.967. The Morgan fingerprint density at radius 2 is 1.91 bits per heavy atom. The van der Waals surface area contributed by atoms with Crippen molar-refractivity contribution in [2.24, 2.45) is 0 Å². The van der Waals surface area contributed by atoms with Crippen LogP contribution in [0.5, 0.6) is 17.2 Å². The van der Waals surface area contributed by atoms with Crippen LogP contribution in [0.15, 0.2) is 42.5 Å². The van der Waals surface area contributed by atoms with E-state index in [-0.39, 0.29) is 11.5 Å². The number of benzene rings is 2. The van der Waals surface area contributed by atoms with Gasteiger partial charge in [0.25, 0.3) is 0 Å². The molecule has 3 rings (SSSR count). The van der Waals surface area contributed by atoms with Gasteiger partial charge in [-0.3, -0.25) is 4.79 Å². The van der Waals surface area contributed by atoms with Gasteiger partial charge < -0.3 is 14.2 Å². The minimum atomic E-state index is -0.471. The van der Waals surface area contributed by atoms with Crippen LogP contribution in [-0.4, -0.2) is 26.1 Å². The number of allylic oxidation sites excluding steroid dienone is 1. The molecule has 0 amide bonds. The summed E-state index contributed by atoms with van der Waals surface area (Å²) in [5, 5.41) is 0. The zero-order valence-corrected chi connectivity index (χ0v) is 12.5. The Hall–Kier alpha value is -2.82. The Labute approximate surface area is 133 Å². The molecule has 0 fully saturated rings. The van der Waals surface area contributed by atoms with Crippen LogP contribution in [-0.2, 0) is 0 Å². The standard InChI is InChI=1S/C18H15FO4/c1-21-16-6-3-12(10-14(16)19)2-5-15(20)13-4-7-17-18(11-13)23-9-8-22-17/h2-7,10-11H,8-9H2,1H3/b5-2+. The number of fused-ring (bicyclic) bond motifs is 1. The van der Waals surface area contributed by atoms with Crippen molar-refractivity contribution in [2.75, 3.05) is 20.3 Å². The van der Waals surface area contributed by atoms with Gasteiger partial charge >= 0.3 is 0 Å². The highest BCUT2D eigenvalue weighted by molar-refractivity contribution is 6.07. The molecule has 0 bridgehead atoms. The lowest BCUT2D eigenvalue weighted by molar-refractivity contribution is 0.104. The molecular formula is C18H15FO4. The molecule has 0 unspecified atom stereocenters. The predicted molar refractivity (Wildman–Crippen MR) is 83.7 cm³/mol. The van der Waals surface area contributed by atoms with Gasteiger partial charge in [-0.1, -0.05) is 12.1 Å². The summed E-state index contributed by atoms with van der Waals surface area (Å²) in [5.41, 5.74) is 1.06. The van der Waals surface area contributed by atoms with E-state index in [0.717, 1.165) is 0 Å². The number of ketones is 1. The molecule has 4 nitrogen and oxygen atoms in total. The molecule has 2 aromatic rings. The second-order valence-corrected chi connectivity index (χ2v) is 4.95. The van der Waals surface area contributed by atoms with Crippen LogP contribution >= 0.6 is 0 Å². The second kappa shape index (κ2) is 6.52. The van der Waals surface area contributed by atoms with Crippen LogP contribution in [0.25, 0.3) is 6.08 Å². The van der Waals surface area contributed by atoms with Crippen molar-refractivity contribution in [3.8, 4) is 17.2 Å². The molecule has 0 N–H and O–H groups in total. The van der Waals surface area contributed by atoms with Gasteiger partial charge in [0.05, 0.1) is 7.11 Å². The molecule has 0 radical (unpaired) electrons. The quantitative estimate of drug-likeness (QED) is 0.640. The van der Waals surface area contributed by atoms with Crippen molar-refractivity contribution in [1.29, 1.82) is 0 Å². The number of halogens is 1. The summed E-state index contributed by atoms with van der Waals surface area (Å²) >= 11 is 0. The topological polar surface area (TPSA) is 44.8 Å². The Balaban J connectivity index is 1.77. The molecule has 0 spiro atoms. The summed E-state index contributed by atoms with van der Waals surface area (Å²) in [6, 6.07) is 9.54. The van der Waals surface area contributed by atoms with Crippen LogP contribution in [0.1, 0.15) is 15.9 Å². The average molecular weight is 314 g/mol. The lowest BCUT2D eigenvalue weighted by atomic mass is 10.1. The molecule has 0 aromatic heterocycles. The fourth-order valence-corrected chi connectivity index (χ4v) is 2.25. The van der Waals surface area contributed by atoms with Gasteiger partial charge in [0.1, 0.15) is 13.2 Å². The number of carbonyl (C=O) groups is 1. The van der Waals surface area contributed by atoms with E-state index >= 15 is 0 Å². The number of rotatable bonds is 4. The molecule has 5 heteroatoms. The first-order valence-corrected chi connectivity index (χ1v) is 7.13. The monoisotopic (exact) mass is 314 g/mol. The number of hydrogen-bond donors (Lipinski definition) is 0. The summed E-state index contributed by atoms with van der Waals surface area (Å²) in [6.07, 6.45) is 2.95. The van der Waals surface area contributed by atoms with E-state index in [1.165, 1.54) is 25.3 Å². The molecule has 1 heterocycles. The van der Waals surface area contributed by atoms with Gasteiger partial charge in [-0.15, -0.1) is 0 Å². The molecule has 118 valence electrons. The number of methoxy groups -OCH3 is 1. The highest BCUT2D eigenvalue weighted by Gasteiger charge is 2.13. The lowest BCUT2D eigenvalue weighted by Gasteiger charge is -2.18. The van der Waals surface area contributed by atoms with Crippen molar-refractivity contribution >= 4 is 11.9 Å². The van der Waals surface area contributed by atoms with E-state index in [1.54, 1.807) is 30.3 Å². The minimum absolute atomic E-state index is 0.167. The zero-order valence-electron chi connectivity index (χ0n) is 12.5. The zero-order chi connectivity index (χ0) is 16.2. The Bertz CT molecular complexity index is 768. The van der Waals surface area contributed by atoms with Crippen LogP contribution in [0, 0.1) is 5.82 Å². The van der Waals surface area contributed by atoms with Crippen LogP contribution in [0.4, 0.5) is 4.39 Å². The fourth-order valence-electron chi connectivity index (χ4n) is 2.25.